The number of nitrogens with zero attached hydrogens (tertiary/aromatic N) is 2. The van der Waals surface area contributed by atoms with E-state index in [9.17, 15) is 0 Å². The summed E-state index contributed by atoms with van der Waals surface area (Å²) in [6, 6.07) is 58.6. The molecule has 7 aromatic rings. The van der Waals surface area contributed by atoms with Crippen LogP contribution in [-0.2, 0) is 0 Å². The highest BCUT2D eigenvalue weighted by atomic mass is 15.2. The molecule has 1 heterocycles. The molecule has 3 unspecified atom stereocenters. The van der Waals surface area contributed by atoms with Crippen LogP contribution in [0.3, 0.4) is 0 Å². The minimum Gasteiger partial charge on any atom is -0.324 e. The van der Waals surface area contributed by atoms with Gasteiger partial charge in [0, 0.05) is 23.0 Å². The standard InChI is InChI=1S/C47H33N3/c1-4-13-30(14-5-1)36-28-41(32-16-6-2-7-17-32)44-40-22-12-21-37-39(26-25-38(43(37)40)42(44)29-36)47-49-45(33-18-8-3-9-19-33)48-46(50-47)35-24-23-31-15-10-11-20-34(31)27-35/h1-29,42,44,46H,(H,48,49,50). The second kappa shape index (κ2) is 11.7. The van der Waals surface area contributed by atoms with Crippen molar-refractivity contribution < 1.29 is 0 Å². The second-order valence-electron chi connectivity index (χ2n) is 13.4. The van der Waals surface area contributed by atoms with Gasteiger partial charge in [0.15, 0.2) is 6.17 Å². The molecule has 0 aromatic heterocycles. The summed E-state index contributed by atoms with van der Waals surface area (Å²) in [5.74, 6) is 2.13. The summed E-state index contributed by atoms with van der Waals surface area (Å²) < 4.78 is 0. The quantitative estimate of drug-likeness (QED) is 0.200. The van der Waals surface area contributed by atoms with Crippen molar-refractivity contribution in [2.45, 2.75) is 18.0 Å². The third kappa shape index (κ3) is 4.74. The normalized spacial score (nSPS) is 19.2. The third-order valence-electron chi connectivity index (χ3n) is 10.5. The number of nitrogens with one attached hydrogen (secondary N) is 1. The van der Waals surface area contributed by atoms with Gasteiger partial charge in [0.1, 0.15) is 11.7 Å². The molecule has 1 aliphatic heterocycles. The summed E-state index contributed by atoms with van der Waals surface area (Å²) in [4.78, 5) is 10.5. The lowest BCUT2D eigenvalue weighted by Gasteiger charge is -2.28. The van der Waals surface area contributed by atoms with Gasteiger partial charge in [-0.3, -0.25) is 0 Å². The van der Waals surface area contributed by atoms with Crippen LogP contribution in [-0.4, -0.2) is 11.7 Å². The number of hydrogen-bond acceptors (Lipinski definition) is 3. The summed E-state index contributed by atoms with van der Waals surface area (Å²) >= 11 is 0. The maximum Gasteiger partial charge on any atom is 0.169 e. The van der Waals surface area contributed by atoms with E-state index in [2.05, 4.69) is 175 Å². The van der Waals surface area contributed by atoms with Crippen LogP contribution in [0.15, 0.2) is 186 Å². The Kier molecular flexibility index (Phi) is 6.70. The highest BCUT2D eigenvalue weighted by molar-refractivity contribution is 6.21. The van der Waals surface area contributed by atoms with Crippen molar-refractivity contribution in [1.82, 2.24) is 5.32 Å². The Labute approximate surface area is 291 Å². The maximum absolute atomic E-state index is 5.33. The van der Waals surface area contributed by atoms with Gasteiger partial charge in [-0.05, 0) is 66.6 Å². The first-order valence-corrected chi connectivity index (χ1v) is 17.4. The zero-order valence-electron chi connectivity index (χ0n) is 27.4. The minimum atomic E-state index is -0.374. The van der Waals surface area contributed by atoms with Crippen LogP contribution in [0.5, 0.6) is 0 Å². The third-order valence-corrected chi connectivity index (χ3v) is 10.5. The summed E-state index contributed by atoms with van der Waals surface area (Å²) in [6.45, 7) is 0. The highest BCUT2D eigenvalue weighted by Gasteiger charge is 2.39. The summed E-state index contributed by atoms with van der Waals surface area (Å²) in [6.07, 6.45) is 4.54. The zero-order valence-corrected chi connectivity index (χ0v) is 27.4. The molecule has 50 heavy (non-hydrogen) atoms. The smallest absolute Gasteiger partial charge is 0.169 e. The van der Waals surface area contributed by atoms with Crippen LogP contribution in [0.2, 0.25) is 0 Å². The van der Waals surface area contributed by atoms with Gasteiger partial charge in [0.2, 0.25) is 0 Å². The van der Waals surface area contributed by atoms with Gasteiger partial charge < -0.3 is 5.32 Å². The first kappa shape index (κ1) is 28.7. The number of aliphatic imine (C=N–C) groups is 2. The van der Waals surface area contributed by atoms with E-state index in [1.54, 1.807) is 0 Å². The molecule has 3 atom stereocenters. The molecule has 2 aliphatic carbocycles. The first-order valence-electron chi connectivity index (χ1n) is 17.4. The summed E-state index contributed by atoms with van der Waals surface area (Å²) in [5.41, 5.74) is 11.1. The Bertz CT molecular complexity index is 2560. The molecular weight excluding hydrogens is 607 g/mol. The lowest BCUT2D eigenvalue weighted by Crippen LogP contribution is -2.36. The van der Waals surface area contributed by atoms with Gasteiger partial charge >= 0.3 is 0 Å². The molecule has 0 fully saturated rings. The Morgan fingerprint density at radius 3 is 1.96 bits per heavy atom. The van der Waals surface area contributed by atoms with E-state index in [1.807, 2.05) is 6.07 Å². The lowest BCUT2D eigenvalue weighted by molar-refractivity contribution is 0.757. The largest absolute Gasteiger partial charge is 0.324 e. The van der Waals surface area contributed by atoms with Crippen LogP contribution in [0.1, 0.15) is 56.9 Å². The van der Waals surface area contributed by atoms with Crippen LogP contribution in [0, 0.1) is 0 Å². The van der Waals surface area contributed by atoms with E-state index in [0.29, 0.717) is 0 Å². The number of fused-ring (bicyclic) bond motifs is 4. The Morgan fingerprint density at radius 2 is 1.18 bits per heavy atom. The highest BCUT2D eigenvalue weighted by Crippen LogP contribution is 2.56. The van der Waals surface area contributed by atoms with E-state index in [1.165, 1.54) is 54.9 Å². The fourth-order valence-electron chi connectivity index (χ4n) is 8.18. The Morgan fingerprint density at radius 1 is 0.500 bits per heavy atom. The van der Waals surface area contributed by atoms with Crippen LogP contribution < -0.4 is 5.32 Å². The molecule has 10 rings (SSSR count). The zero-order chi connectivity index (χ0) is 33.0. The van der Waals surface area contributed by atoms with Crippen molar-refractivity contribution in [3.63, 3.8) is 0 Å². The average molecular weight is 640 g/mol. The molecule has 0 bridgehead atoms. The molecule has 3 aliphatic rings. The predicted molar refractivity (Wildman–Crippen MR) is 208 cm³/mol. The average Bonchev–Trinajstić information content (AvgIpc) is 3.53. The molecule has 0 amide bonds. The van der Waals surface area contributed by atoms with Gasteiger partial charge in [-0.15, -0.1) is 0 Å². The lowest BCUT2D eigenvalue weighted by atomic mass is 9.75. The van der Waals surface area contributed by atoms with Crippen molar-refractivity contribution in [2.75, 3.05) is 0 Å². The number of rotatable bonds is 5. The van der Waals surface area contributed by atoms with E-state index in [0.717, 1.165) is 28.4 Å². The van der Waals surface area contributed by atoms with E-state index in [4.69, 9.17) is 9.98 Å². The molecule has 3 heteroatoms. The molecule has 0 radical (unpaired) electrons. The Balaban J connectivity index is 1.14. The summed E-state index contributed by atoms with van der Waals surface area (Å²) in [7, 11) is 0. The predicted octanol–water partition coefficient (Wildman–Crippen LogP) is 10.8. The van der Waals surface area contributed by atoms with Gasteiger partial charge in [0.05, 0.1) is 0 Å². The number of hydrogen-bond donors (Lipinski definition) is 1. The molecule has 236 valence electrons. The van der Waals surface area contributed by atoms with E-state index < -0.39 is 0 Å². The second-order valence-corrected chi connectivity index (χ2v) is 13.4. The monoisotopic (exact) mass is 639 g/mol. The van der Waals surface area contributed by atoms with Gasteiger partial charge in [-0.1, -0.05) is 170 Å². The van der Waals surface area contributed by atoms with Crippen molar-refractivity contribution in [3.05, 3.63) is 215 Å². The Hall–Kier alpha value is -6.32. The first-order chi connectivity index (χ1) is 24.8. The van der Waals surface area contributed by atoms with Crippen molar-refractivity contribution >= 4 is 44.4 Å². The van der Waals surface area contributed by atoms with E-state index >= 15 is 0 Å². The fourth-order valence-corrected chi connectivity index (χ4v) is 8.18. The fraction of sp³-hybridized carbons (Fsp3) is 0.0638. The van der Waals surface area contributed by atoms with Gasteiger partial charge in [-0.25, -0.2) is 9.98 Å². The topological polar surface area (TPSA) is 36.8 Å². The number of amidine groups is 2. The maximum atomic E-state index is 5.33. The number of allylic oxidation sites excluding steroid dienone is 4. The van der Waals surface area contributed by atoms with Crippen molar-refractivity contribution in [3.8, 4) is 0 Å². The molecule has 0 saturated heterocycles. The molecule has 3 nitrogen and oxygen atoms in total. The van der Waals surface area contributed by atoms with Crippen molar-refractivity contribution in [1.29, 1.82) is 0 Å². The van der Waals surface area contributed by atoms with E-state index in [-0.39, 0.29) is 18.0 Å². The summed E-state index contributed by atoms with van der Waals surface area (Å²) in [5, 5.41) is 8.63. The van der Waals surface area contributed by atoms with Gasteiger partial charge in [-0.2, -0.15) is 0 Å². The molecule has 0 saturated carbocycles. The van der Waals surface area contributed by atoms with Crippen LogP contribution in [0.25, 0.3) is 32.7 Å². The van der Waals surface area contributed by atoms with Crippen molar-refractivity contribution in [2.24, 2.45) is 9.98 Å². The molecule has 0 spiro atoms. The molecule has 1 N–H and O–H groups in total. The van der Waals surface area contributed by atoms with Crippen LogP contribution >= 0.6 is 0 Å². The molecular formula is C47H33N3. The van der Waals surface area contributed by atoms with Crippen LogP contribution in [0.4, 0.5) is 0 Å². The minimum absolute atomic E-state index is 0.229. The number of benzene rings is 7. The van der Waals surface area contributed by atoms with Gasteiger partial charge in [0.25, 0.3) is 0 Å². The SMILES string of the molecule is C1=C(c2ccccc2)C=C(c2ccccc2)C2c3cccc4c(C5=NC(c6ccc7ccccc7c6)N=C(c6ccccc6)N5)ccc(c34)C12. The molecule has 7 aromatic carbocycles.